The van der Waals surface area contributed by atoms with Crippen molar-refractivity contribution in [3.05, 3.63) is 0 Å². The zero-order valence-electron chi connectivity index (χ0n) is 16.3. The lowest BCUT2D eigenvalue weighted by Gasteiger charge is -2.40. The zero-order chi connectivity index (χ0) is 20.6. The minimum Gasteiger partial charge on any atom is -0.353 e. The Morgan fingerprint density at radius 1 is 0.926 bits per heavy atom. The van der Waals surface area contributed by atoms with Crippen LogP contribution in [0.2, 0.25) is 0 Å². The zero-order valence-corrected chi connectivity index (χ0v) is 16.3. The molecule has 2 aliphatic carbocycles. The second-order valence-corrected chi connectivity index (χ2v) is 8.41. The Kier molecular flexibility index (Phi) is 6.83. The minimum atomic E-state index is -5.56. The summed E-state index contributed by atoms with van der Waals surface area (Å²) < 4.78 is 91.2. The van der Waals surface area contributed by atoms with Gasteiger partial charge in [-0.1, -0.05) is 13.8 Å². The lowest BCUT2D eigenvalue weighted by atomic mass is 9.73. The van der Waals surface area contributed by atoms with Crippen LogP contribution < -0.4 is 0 Å². The van der Waals surface area contributed by atoms with E-state index in [4.69, 9.17) is 4.74 Å². The summed E-state index contributed by atoms with van der Waals surface area (Å²) in [5.41, 5.74) is -4.19. The molecule has 2 fully saturated rings. The number of halogens is 6. The van der Waals surface area contributed by atoms with Crippen LogP contribution in [0.1, 0.15) is 59.8 Å². The summed E-state index contributed by atoms with van der Waals surface area (Å²) in [6.45, 7) is 6.68. The highest BCUT2D eigenvalue weighted by Crippen LogP contribution is 2.57. The maximum Gasteiger partial charge on any atom is 0.426 e. The van der Waals surface area contributed by atoms with E-state index in [1.165, 1.54) is 6.92 Å². The molecule has 2 aliphatic rings. The molecule has 0 aromatic carbocycles. The topological polar surface area (TPSA) is 18.5 Å². The minimum absolute atomic E-state index is 0.0323. The molecule has 160 valence electrons. The highest BCUT2D eigenvalue weighted by atomic mass is 19.4. The summed E-state index contributed by atoms with van der Waals surface area (Å²) in [5, 5.41) is 0. The van der Waals surface area contributed by atoms with Crippen molar-refractivity contribution in [2.45, 2.75) is 84.0 Å². The molecule has 0 amide bonds. The maximum atomic E-state index is 13.6. The maximum absolute atomic E-state index is 13.6. The van der Waals surface area contributed by atoms with Crippen molar-refractivity contribution in [1.29, 1.82) is 0 Å². The van der Waals surface area contributed by atoms with Gasteiger partial charge in [-0.3, -0.25) is 0 Å². The van der Waals surface area contributed by atoms with Crippen LogP contribution in [-0.2, 0) is 9.47 Å². The van der Waals surface area contributed by atoms with Crippen molar-refractivity contribution in [1.82, 2.24) is 0 Å². The third-order valence-electron chi connectivity index (χ3n) is 6.41. The van der Waals surface area contributed by atoms with Gasteiger partial charge in [-0.2, -0.15) is 26.3 Å². The van der Waals surface area contributed by atoms with Gasteiger partial charge in [0, 0.05) is 6.61 Å². The number of ether oxygens (including phenoxy) is 2. The third kappa shape index (κ3) is 4.57. The fourth-order valence-electron chi connectivity index (χ4n) is 5.23. The second-order valence-electron chi connectivity index (χ2n) is 8.41. The van der Waals surface area contributed by atoms with E-state index in [-0.39, 0.29) is 24.9 Å². The molecule has 2 bridgehead atoms. The van der Waals surface area contributed by atoms with Crippen molar-refractivity contribution >= 4 is 0 Å². The number of alkyl halides is 6. The van der Waals surface area contributed by atoms with Gasteiger partial charge in [-0.25, -0.2) is 0 Å². The summed E-state index contributed by atoms with van der Waals surface area (Å²) in [6.07, 6.45) is -11.3. The van der Waals surface area contributed by atoms with Crippen LogP contribution in [0.5, 0.6) is 0 Å². The predicted octanol–water partition coefficient (Wildman–Crippen LogP) is 6.35. The Morgan fingerprint density at radius 3 is 1.96 bits per heavy atom. The largest absolute Gasteiger partial charge is 0.426 e. The van der Waals surface area contributed by atoms with Gasteiger partial charge in [-0.05, 0) is 75.5 Å². The number of fused-ring (bicyclic) bond motifs is 2. The first-order chi connectivity index (χ1) is 12.3. The van der Waals surface area contributed by atoms with E-state index < -0.39 is 30.7 Å². The highest BCUT2D eigenvalue weighted by molar-refractivity contribution is 5.00. The number of hydrogen-bond donors (Lipinski definition) is 0. The Balaban J connectivity index is 2.19. The van der Waals surface area contributed by atoms with Gasteiger partial charge in [0.25, 0.3) is 5.60 Å². The van der Waals surface area contributed by atoms with Crippen LogP contribution in [0, 0.1) is 29.6 Å². The van der Waals surface area contributed by atoms with Gasteiger partial charge in [0.2, 0.25) is 0 Å². The number of hydrogen-bond acceptors (Lipinski definition) is 2. The molecule has 0 heterocycles. The molecule has 2 saturated carbocycles. The van der Waals surface area contributed by atoms with E-state index in [9.17, 15) is 26.3 Å². The molecule has 0 aromatic rings. The molecule has 2 rings (SSSR count). The van der Waals surface area contributed by atoms with Crippen LogP contribution in [0.4, 0.5) is 26.3 Å². The molecular formula is C19H30F6O2. The van der Waals surface area contributed by atoms with E-state index >= 15 is 0 Å². The molecular weight excluding hydrogens is 374 g/mol. The third-order valence-corrected chi connectivity index (χ3v) is 6.41. The lowest BCUT2D eigenvalue weighted by molar-refractivity contribution is -0.409. The summed E-state index contributed by atoms with van der Waals surface area (Å²) in [6, 6.07) is 0. The van der Waals surface area contributed by atoms with Crippen LogP contribution in [0.3, 0.4) is 0 Å². The molecule has 0 spiro atoms. The Morgan fingerprint density at radius 2 is 1.52 bits per heavy atom. The van der Waals surface area contributed by atoms with E-state index in [0.717, 1.165) is 26.2 Å². The standard InChI is InChI=1S/C19H30F6O2/c1-5-26-12(4)27-17(18(20,21)22,19(23,24)25)7-6-14-8-13-9-15(11(2)3)16(14)10-13/h11-16H,5-10H2,1-4H3. The van der Waals surface area contributed by atoms with Crippen LogP contribution in [0.15, 0.2) is 0 Å². The molecule has 5 unspecified atom stereocenters. The first-order valence-corrected chi connectivity index (χ1v) is 9.75. The predicted molar refractivity (Wildman–Crippen MR) is 88.9 cm³/mol. The Hall–Kier alpha value is -0.500. The average molecular weight is 404 g/mol. The van der Waals surface area contributed by atoms with Gasteiger partial charge in [0.1, 0.15) is 0 Å². The molecule has 0 aliphatic heterocycles. The smallest absolute Gasteiger partial charge is 0.353 e. The molecule has 0 N–H and O–H groups in total. The number of rotatable bonds is 8. The lowest BCUT2D eigenvalue weighted by Crippen LogP contribution is -2.60. The second kappa shape index (κ2) is 8.09. The van der Waals surface area contributed by atoms with Gasteiger partial charge in [0.15, 0.2) is 6.29 Å². The Labute approximate surface area is 157 Å². The molecule has 0 radical (unpaired) electrons. The molecule has 8 heteroatoms. The van der Waals surface area contributed by atoms with Crippen molar-refractivity contribution in [3.63, 3.8) is 0 Å². The van der Waals surface area contributed by atoms with Gasteiger partial charge in [0.05, 0.1) is 0 Å². The van der Waals surface area contributed by atoms with Crippen molar-refractivity contribution < 1.29 is 35.8 Å². The summed E-state index contributed by atoms with van der Waals surface area (Å²) in [4.78, 5) is 0. The summed E-state index contributed by atoms with van der Waals surface area (Å²) in [7, 11) is 0. The van der Waals surface area contributed by atoms with Gasteiger partial charge in [-0.15, -0.1) is 0 Å². The van der Waals surface area contributed by atoms with Crippen molar-refractivity contribution in [2.75, 3.05) is 6.61 Å². The van der Waals surface area contributed by atoms with Gasteiger partial charge < -0.3 is 9.47 Å². The van der Waals surface area contributed by atoms with Crippen LogP contribution >= 0.6 is 0 Å². The van der Waals surface area contributed by atoms with Crippen molar-refractivity contribution in [2.24, 2.45) is 29.6 Å². The molecule has 27 heavy (non-hydrogen) atoms. The first kappa shape index (κ1) is 22.8. The van der Waals surface area contributed by atoms with Crippen LogP contribution in [-0.4, -0.2) is 30.9 Å². The van der Waals surface area contributed by atoms with E-state index in [1.807, 2.05) is 0 Å². The molecule has 2 nitrogen and oxygen atoms in total. The highest BCUT2D eigenvalue weighted by Gasteiger charge is 2.72. The SMILES string of the molecule is CCOC(C)OC(CCC1CC2CC(C(C)C)C1C2)(C(F)(F)F)C(F)(F)F. The molecule has 5 atom stereocenters. The van der Waals surface area contributed by atoms with Crippen LogP contribution in [0.25, 0.3) is 0 Å². The monoisotopic (exact) mass is 404 g/mol. The van der Waals surface area contributed by atoms with Crippen molar-refractivity contribution in [3.8, 4) is 0 Å². The molecule has 0 saturated heterocycles. The fourth-order valence-corrected chi connectivity index (χ4v) is 5.23. The average Bonchev–Trinajstić information content (AvgIpc) is 3.09. The fraction of sp³-hybridized carbons (Fsp3) is 1.00. The van der Waals surface area contributed by atoms with E-state index in [1.54, 1.807) is 0 Å². The Bertz CT molecular complexity index is 474. The van der Waals surface area contributed by atoms with Gasteiger partial charge >= 0.3 is 12.4 Å². The first-order valence-electron chi connectivity index (χ1n) is 9.75. The summed E-state index contributed by atoms with van der Waals surface area (Å²) >= 11 is 0. The molecule has 0 aromatic heterocycles. The quantitative estimate of drug-likeness (QED) is 0.347. The summed E-state index contributed by atoms with van der Waals surface area (Å²) in [5.74, 6) is 1.33. The normalized spacial score (nSPS) is 30.3. The van der Waals surface area contributed by atoms with E-state index in [2.05, 4.69) is 18.6 Å². The van der Waals surface area contributed by atoms with E-state index in [0.29, 0.717) is 17.8 Å².